The van der Waals surface area contributed by atoms with E-state index in [1.54, 1.807) is 12.4 Å². The van der Waals surface area contributed by atoms with Crippen LogP contribution in [-0.4, -0.2) is 59.7 Å². The fourth-order valence-electron chi connectivity index (χ4n) is 5.21. The van der Waals surface area contributed by atoms with E-state index >= 15 is 0 Å². The minimum Gasteiger partial charge on any atom is -0.378 e. The molecule has 2 aliphatic heterocycles. The zero-order valence-corrected chi connectivity index (χ0v) is 18.9. The number of halogens is 1. The summed E-state index contributed by atoms with van der Waals surface area (Å²) in [6.45, 7) is 6.77. The number of carbonyl (C=O) groups excluding carboxylic acids is 1. The molecule has 1 aromatic rings. The second-order valence-corrected chi connectivity index (χ2v) is 9.61. The van der Waals surface area contributed by atoms with E-state index in [1.165, 1.54) is 25.7 Å². The van der Waals surface area contributed by atoms with Crippen LogP contribution < -0.4 is 4.90 Å². The Labute approximate surface area is 185 Å². The average molecular weight is 435 g/mol. The summed E-state index contributed by atoms with van der Waals surface area (Å²) >= 11 is 5.89. The van der Waals surface area contributed by atoms with Crippen molar-refractivity contribution in [1.82, 2.24) is 14.9 Å². The molecule has 0 spiro atoms. The molecule has 6 nitrogen and oxygen atoms in total. The van der Waals surface area contributed by atoms with E-state index < -0.39 is 0 Å². The number of rotatable bonds is 8. The van der Waals surface area contributed by atoms with Gasteiger partial charge < -0.3 is 14.5 Å². The third kappa shape index (κ3) is 5.64. The molecule has 3 heterocycles. The maximum atomic E-state index is 12.0. The van der Waals surface area contributed by atoms with Crippen molar-refractivity contribution in [2.24, 2.45) is 17.8 Å². The van der Waals surface area contributed by atoms with Crippen LogP contribution >= 0.6 is 11.6 Å². The molecule has 0 unspecified atom stereocenters. The quantitative estimate of drug-likeness (QED) is 0.614. The molecule has 3 fully saturated rings. The lowest BCUT2D eigenvalue weighted by Crippen LogP contribution is -2.40. The first-order valence-electron chi connectivity index (χ1n) is 11.8. The number of piperidine rings is 2. The fourth-order valence-corrected chi connectivity index (χ4v) is 5.30. The smallest absolute Gasteiger partial charge is 0.225 e. The fraction of sp³-hybridized carbons (Fsp3) is 0.783. The van der Waals surface area contributed by atoms with Gasteiger partial charge in [0, 0.05) is 39.2 Å². The molecule has 3 aliphatic rings. The molecule has 1 aromatic heterocycles. The van der Waals surface area contributed by atoms with Crippen LogP contribution in [0.5, 0.6) is 0 Å². The molecular weight excluding hydrogens is 400 g/mol. The average Bonchev–Trinajstić information content (AvgIpc) is 3.55. The highest BCUT2D eigenvalue weighted by Crippen LogP contribution is 2.49. The van der Waals surface area contributed by atoms with Crippen LogP contribution in [0.15, 0.2) is 12.4 Å². The van der Waals surface area contributed by atoms with Crippen molar-refractivity contribution in [3.8, 4) is 0 Å². The van der Waals surface area contributed by atoms with E-state index in [9.17, 15) is 4.79 Å². The van der Waals surface area contributed by atoms with Gasteiger partial charge in [-0.15, -0.1) is 0 Å². The van der Waals surface area contributed by atoms with Crippen molar-refractivity contribution in [3.63, 3.8) is 0 Å². The summed E-state index contributed by atoms with van der Waals surface area (Å²) in [5.74, 6) is 3.69. The van der Waals surface area contributed by atoms with Crippen molar-refractivity contribution in [3.05, 3.63) is 17.4 Å². The zero-order valence-electron chi connectivity index (χ0n) is 18.1. The minimum absolute atomic E-state index is 0.311. The summed E-state index contributed by atoms with van der Waals surface area (Å²) in [7, 11) is 0. The normalized spacial score (nSPS) is 25.5. The predicted molar refractivity (Wildman–Crippen MR) is 119 cm³/mol. The molecule has 0 aromatic carbocycles. The van der Waals surface area contributed by atoms with Crippen LogP contribution in [0.3, 0.4) is 0 Å². The van der Waals surface area contributed by atoms with Gasteiger partial charge in [0.2, 0.25) is 11.9 Å². The second-order valence-electron chi connectivity index (χ2n) is 9.18. The summed E-state index contributed by atoms with van der Waals surface area (Å²) < 4.78 is 6.17. The molecule has 0 N–H and O–H groups in total. The van der Waals surface area contributed by atoms with Gasteiger partial charge in [-0.05, 0) is 62.7 Å². The first-order chi connectivity index (χ1) is 14.6. The van der Waals surface area contributed by atoms with Crippen molar-refractivity contribution in [1.29, 1.82) is 0 Å². The van der Waals surface area contributed by atoms with Crippen LogP contribution in [0.1, 0.15) is 58.3 Å². The summed E-state index contributed by atoms with van der Waals surface area (Å²) in [5, 5.41) is 0.590. The number of carbonyl (C=O) groups is 1. The molecule has 166 valence electrons. The third-order valence-electron chi connectivity index (χ3n) is 7.11. The Hall–Kier alpha value is -1.40. The van der Waals surface area contributed by atoms with E-state index in [1.807, 2.05) is 4.90 Å². The monoisotopic (exact) mass is 434 g/mol. The molecule has 1 saturated carbocycles. The summed E-state index contributed by atoms with van der Waals surface area (Å²) in [6.07, 6.45) is 12.3. The first-order valence-corrected chi connectivity index (χ1v) is 12.1. The van der Waals surface area contributed by atoms with Crippen molar-refractivity contribution >= 4 is 23.5 Å². The van der Waals surface area contributed by atoms with E-state index in [2.05, 4.69) is 21.8 Å². The van der Waals surface area contributed by atoms with Crippen LogP contribution in [0, 0.1) is 17.8 Å². The Morgan fingerprint density at radius 2 is 1.83 bits per heavy atom. The largest absolute Gasteiger partial charge is 0.378 e. The van der Waals surface area contributed by atoms with Gasteiger partial charge >= 0.3 is 0 Å². The van der Waals surface area contributed by atoms with E-state index in [-0.39, 0.29) is 0 Å². The predicted octanol–water partition coefficient (Wildman–Crippen LogP) is 4.18. The standard InChI is InChI=1S/C23H35ClN4O2/c1-2-3-22(29)27-11-6-20(7-12-27)30-13-8-18-14-21(18)17-4-9-28(10-5-17)23-25-15-19(24)16-26-23/h15-18,20-21H,2-14H2,1H3/t18-,21-/m1/s1. The van der Waals surface area contributed by atoms with Crippen LogP contribution in [-0.2, 0) is 9.53 Å². The SMILES string of the molecule is CCCC(=O)N1CCC(OCC[C@@H]2C[C@@H]2C2CCN(c3ncc(Cl)cn3)CC2)CC1. The van der Waals surface area contributed by atoms with Gasteiger partial charge in [-0.1, -0.05) is 18.5 Å². The van der Waals surface area contributed by atoms with Crippen molar-refractivity contribution < 1.29 is 9.53 Å². The van der Waals surface area contributed by atoms with Crippen molar-refractivity contribution in [2.75, 3.05) is 37.7 Å². The van der Waals surface area contributed by atoms with E-state index in [0.29, 0.717) is 23.5 Å². The minimum atomic E-state index is 0.311. The summed E-state index contributed by atoms with van der Waals surface area (Å²) in [6, 6.07) is 0. The maximum Gasteiger partial charge on any atom is 0.225 e. The molecule has 7 heteroatoms. The zero-order chi connectivity index (χ0) is 20.9. The number of nitrogens with zero attached hydrogens (tertiary/aromatic N) is 4. The Bertz CT molecular complexity index is 685. The molecule has 1 amide bonds. The van der Waals surface area contributed by atoms with Gasteiger partial charge in [-0.2, -0.15) is 0 Å². The summed E-state index contributed by atoms with van der Waals surface area (Å²) in [5.41, 5.74) is 0. The maximum absolute atomic E-state index is 12.0. The number of ether oxygens (including phenoxy) is 1. The number of likely N-dealkylation sites (tertiary alicyclic amines) is 1. The number of amides is 1. The molecule has 2 atom stereocenters. The highest BCUT2D eigenvalue weighted by molar-refractivity contribution is 6.30. The van der Waals surface area contributed by atoms with Crippen molar-refractivity contribution in [2.45, 2.75) is 64.4 Å². The van der Waals surface area contributed by atoms with Crippen LogP contribution in [0.2, 0.25) is 5.02 Å². The number of hydrogen-bond donors (Lipinski definition) is 0. The lowest BCUT2D eigenvalue weighted by molar-refractivity contribution is -0.133. The molecule has 0 bridgehead atoms. The van der Waals surface area contributed by atoms with Crippen LogP contribution in [0.25, 0.3) is 0 Å². The van der Waals surface area contributed by atoms with Gasteiger partial charge in [-0.3, -0.25) is 4.79 Å². The second kappa shape index (κ2) is 10.3. The number of aromatic nitrogens is 2. The highest BCUT2D eigenvalue weighted by atomic mass is 35.5. The van der Waals surface area contributed by atoms with Gasteiger partial charge in [0.15, 0.2) is 0 Å². The van der Waals surface area contributed by atoms with Gasteiger partial charge in [0.05, 0.1) is 23.5 Å². The number of hydrogen-bond acceptors (Lipinski definition) is 5. The van der Waals surface area contributed by atoms with Gasteiger partial charge in [-0.25, -0.2) is 9.97 Å². The molecule has 1 aliphatic carbocycles. The lowest BCUT2D eigenvalue weighted by Gasteiger charge is -2.32. The third-order valence-corrected chi connectivity index (χ3v) is 7.31. The summed E-state index contributed by atoms with van der Waals surface area (Å²) in [4.78, 5) is 25.0. The van der Waals surface area contributed by atoms with Gasteiger partial charge in [0.1, 0.15) is 0 Å². The molecule has 0 radical (unpaired) electrons. The Morgan fingerprint density at radius 3 is 2.50 bits per heavy atom. The number of anilines is 1. The molecule has 30 heavy (non-hydrogen) atoms. The topological polar surface area (TPSA) is 58.6 Å². The van der Waals surface area contributed by atoms with Gasteiger partial charge in [0.25, 0.3) is 0 Å². The Morgan fingerprint density at radius 1 is 1.13 bits per heavy atom. The molecule has 4 rings (SSSR count). The Kier molecular flexibility index (Phi) is 7.47. The van der Waals surface area contributed by atoms with E-state index in [0.717, 1.165) is 75.8 Å². The first kappa shape index (κ1) is 21.8. The van der Waals surface area contributed by atoms with E-state index in [4.69, 9.17) is 16.3 Å². The molecular formula is C23H35ClN4O2. The Balaban J connectivity index is 1.09. The highest BCUT2D eigenvalue weighted by Gasteiger charge is 2.43. The lowest BCUT2D eigenvalue weighted by atomic mass is 9.90. The molecule has 2 saturated heterocycles. The van der Waals surface area contributed by atoms with Crippen LogP contribution in [0.4, 0.5) is 5.95 Å².